The molecule has 6 nitrogen and oxygen atoms in total. The highest BCUT2D eigenvalue weighted by Crippen LogP contribution is 2.38. The summed E-state index contributed by atoms with van der Waals surface area (Å²) < 4.78 is 17.8. The Morgan fingerprint density at radius 2 is 1.82 bits per heavy atom. The van der Waals surface area contributed by atoms with E-state index >= 15 is 0 Å². The topological polar surface area (TPSA) is 65.1 Å². The second kappa shape index (κ2) is 13.4. The molecule has 1 aliphatic heterocycles. The molecule has 0 atom stereocenters. The highest BCUT2D eigenvalue weighted by Gasteiger charge is 2.35. The first-order chi connectivity index (χ1) is 18.9. The largest absolute Gasteiger partial charge is 0.492 e. The number of aryl methyl sites for hydroxylation is 1. The Bertz CT molecular complexity index is 1390. The van der Waals surface area contributed by atoms with Crippen LogP contribution in [0.25, 0.3) is 6.08 Å². The summed E-state index contributed by atoms with van der Waals surface area (Å²) in [4.78, 5) is 27.2. The van der Waals surface area contributed by atoms with Crippen molar-refractivity contribution in [2.24, 2.45) is 0 Å². The van der Waals surface area contributed by atoms with E-state index in [1.165, 1.54) is 4.90 Å². The third-order valence-electron chi connectivity index (χ3n) is 5.86. The SMILES string of the molecule is C=CCc1cc(/C=C2\SC(=O)N(CCOc3cccc(C)c3)C2=O)cc(OCC)c1OCc1ccc(Cl)cc1. The molecule has 1 fully saturated rings. The summed E-state index contributed by atoms with van der Waals surface area (Å²) in [6, 6.07) is 18.8. The molecule has 1 saturated heterocycles. The van der Waals surface area contributed by atoms with Gasteiger partial charge in [-0.3, -0.25) is 14.5 Å². The van der Waals surface area contributed by atoms with Crippen molar-refractivity contribution < 1.29 is 23.8 Å². The van der Waals surface area contributed by atoms with Crippen molar-refractivity contribution in [1.29, 1.82) is 0 Å². The van der Waals surface area contributed by atoms with E-state index < -0.39 is 0 Å². The van der Waals surface area contributed by atoms with Gasteiger partial charge in [0, 0.05) is 10.6 Å². The number of rotatable bonds is 12. The normalized spacial score (nSPS) is 14.1. The Labute approximate surface area is 238 Å². The van der Waals surface area contributed by atoms with Crippen LogP contribution in [0.15, 0.2) is 78.2 Å². The molecule has 0 N–H and O–H groups in total. The maximum absolute atomic E-state index is 13.1. The molecule has 0 bridgehead atoms. The first kappa shape index (κ1) is 28.3. The average molecular weight is 564 g/mol. The highest BCUT2D eigenvalue weighted by molar-refractivity contribution is 8.18. The summed E-state index contributed by atoms with van der Waals surface area (Å²) in [6.07, 6.45) is 4.03. The van der Waals surface area contributed by atoms with E-state index in [9.17, 15) is 9.59 Å². The van der Waals surface area contributed by atoms with Crippen LogP contribution in [0.2, 0.25) is 5.02 Å². The number of carbonyl (C=O) groups excluding carboxylic acids is 2. The first-order valence-electron chi connectivity index (χ1n) is 12.6. The maximum atomic E-state index is 13.1. The first-order valence-corrected chi connectivity index (χ1v) is 13.8. The standard InChI is InChI=1S/C31H30ClNO5S/c1-4-7-24-17-23(18-27(36-5-2)29(24)38-20-22-10-12-25(32)13-11-22)19-28-30(34)33(31(35)39-28)14-15-37-26-9-6-8-21(3)16-26/h4,6,8-13,16-19H,1,5,7,14-15,20H2,2-3H3/b28-19-. The summed E-state index contributed by atoms with van der Waals surface area (Å²) in [7, 11) is 0. The van der Waals surface area contributed by atoms with Gasteiger partial charge in [0.05, 0.1) is 18.1 Å². The Morgan fingerprint density at radius 1 is 1.03 bits per heavy atom. The lowest BCUT2D eigenvalue weighted by Gasteiger charge is -2.17. The van der Waals surface area contributed by atoms with Gasteiger partial charge in [0.2, 0.25) is 0 Å². The molecule has 3 aromatic carbocycles. The number of amides is 2. The van der Waals surface area contributed by atoms with Crippen molar-refractivity contribution in [1.82, 2.24) is 4.90 Å². The van der Waals surface area contributed by atoms with Crippen LogP contribution >= 0.6 is 23.4 Å². The monoisotopic (exact) mass is 563 g/mol. The number of carbonyl (C=O) groups is 2. The third kappa shape index (κ3) is 7.46. The summed E-state index contributed by atoms with van der Waals surface area (Å²) >= 11 is 6.92. The van der Waals surface area contributed by atoms with Crippen LogP contribution in [0.4, 0.5) is 4.79 Å². The number of benzene rings is 3. The smallest absolute Gasteiger partial charge is 0.293 e. The van der Waals surface area contributed by atoms with E-state index in [-0.39, 0.29) is 24.3 Å². The summed E-state index contributed by atoms with van der Waals surface area (Å²) in [6.45, 7) is 8.90. The molecule has 39 heavy (non-hydrogen) atoms. The van der Waals surface area contributed by atoms with Crippen molar-refractivity contribution in [3.05, 3.63) is 106 Å². The molecule has 202 valence electrons. The predicted octanol–water partition coefficient (Wildman–Crippen LogP) is 7.47. The van der Waals surface area contributed by atoms with Gasteiger partial charge in [0.25, 0.3) is 11.1 Å². The highest BCUT2D eigenvalue weighted by atomic mass is 35.5. The van der Waals surface area contributed by atoms with Crippen LogP contribution in [0.3, 0.4) is 0 Å². The molecule has 0 aliphatic carbocycles. The van der Waals surface area contributed by atoms with Crippen LogP contribution in [-0.2, 0) is 17.8 Å². The van der Waals surface area contributed by atoms with Crippen LogP contribution in [0.5, 0.6) is 17.2 Å². The number of thioether (sulfide) groups is 1. The van der Waals surface area contributed by atoms with Crippen LogP contribution in [-0.4, -0.2) is 35.8 Å². The van der Waals surface area contributed by atoms with Gasteiger partial charge in [0.15, 0.2) is 11.5 Å². The lowest BCUT2D eigenvalue weighted by atomic mass is 10.0. The molecule has 0 unspecified atom stereocenters. The van der Waals surface area contributed by atoms with Crippen LogP contribution in [0, 0.1) is 6.92 Å². The quantitative estimate of drug-likeness (QED) is 0.168. The number of hydrogen-bond donors (Lipinski definition) is 0. The van der Waals surface area contributed by atoms with Gasteiger partial charge < -0.3 is 14.2 Å². The second-order valence-electron chi connectivity index (χ2n) is 8.85. The summed E-state index contributed by atoms with van der Waals surface area (Å²) in [5.74, 6) is 1.53. The Balaban J connectivity index is 1.51. The number of nitrogens with zero attached hydrogens (tertiary/aromatic N) is 1. The van der Waals surface area contributed by atoms with Crippen molar-refractivity contribution >= 4 is 40.6 Å². The van der Waals surface area contributed by atoms with Gasteiger partial charge in [-0.25, -0.2) is 0 Å². The van der Waals surface area contributed by atoms with Crippen molar-refractivity contribution in [2.45, 2.75) is 26.9 Å². The fourth-order valence-electron chi connectivity index (χ4n) is 4.04. The zero-order chi connectivity index (χ0) is 27.8. The van der Waals surface area contributed by atoms with Gasteiger partial charge in [-0.05, 0) is 91.2 Å². The molecule has 0 radical (unpaired) electrons. The predicted molar refractivity (Wildman–Crippen MR) is 157 cm³/mol. The molecular formula is C31H30ClNO5S. The molecule has 4 rings (SSSR count). The minimum atomic E-state index is -0.343. The van der Waals surface area contributed by atoms with E-state index in [1.54, 1.807) is 12.2 Å². The maximum Gasteiger partial charge on any atom is 0.293 e. The van der Waals surface area contributed by atoms with E-state index in [0.29, 0.717) is 46.8 Å². The van der Waals surface area contributed by atoms with Gasteiger partial charge >= 0.3 is 0 Å². The number of imide groups is 1. The number of hydrogen-bond acceptors (Lipinski definition) is 6. The van der Waals surface area contributed by atoms with Gasteiger partial charge in [0.1, 0.15) is 19.0 Å². The van der Waals surface area contributed by atoms with E-state index in [0.717, 1.165) is 34.0 Å². The van der Waals surface area contributed by atoms with E-state index in [4.69, 9.17) is 25.8 Å². The number of allylic oxidation sites excluding steroid dienone is 1. The number of halogens is 1. The Morgan fingerprint density at radius 3 is 2.54 bits per heavy atom. The molecule has 1 aliphatic rings. The molecule has 3 aromatic rings. The van der Waals surface area contributed by atoms with Gasteiger partial charge in [-0.2, -0.15) is 0 Å². The number of ether oxygens (including phenoxy) is 3. The zero-order valence-electron chi connectivity index (χ0n) is 21.9. The van der Waals surface area contributed by atoms with Crippen molar-refractivity contribution in [3.63, 3.8) is 0 Å². The summed E-state index contributed by atoms with van der Waals surface area (Å²) in [5, 5.41) is 0.340. The van der Waals surface area contributed by atoms with Gasteiger partial charge in [-0.15, -0.1) is 6.58 Å². The van der Waals surface area contributed by atoms with Crippen LogP contribution in [0.1, 0.15) is 29.2 Å². The fourth-order valence-corrected chi connectivity index (χ4v) is 5.03. The second-order valence-corrected chi connectivity index (χ2v) is 10.3. The van der Waals surface area contributed by atoms with Crippen molar-refractivity contribution in [2.75, 3.05) is 19.8 Å². The molecule has 0 saturated carbocycles. The van der Waals surface area contributed by atoms with E-state index in [1.807, 2.05) is 74.5 Å². The minimum absolute atomic E-state index is 0.166. The molecule has 0 aromatic heterocycles. The lowest BCUT2D eigenvalue weighted by Crippen LogP contribution is -2.32. The third-order valence-corrected chi connectivity index (χ3v) is 7.02. The fraction of sp³-hybridized carbons (Fsp3) is 0.226. The van der Waals surface area contributed by atoms with Crippen LogP contribution < -0.4 is 14.2 Å². The molecule has 1 heterocycles. The Kier molecular flexibility index (Phi) is 9.74. The molecule has 0 spiro atoms. The Hall–Kier alpha value is -3.68. The van der Waals surface area contributed by atoms with Crippen molar-refractivity contribution in [3.8, 4) is 17.2 Å². The summed E-state index contributed by atoms with van der Waals surface area (Å²) in [5.41, 5.74) is 3.64. The zero-order valence-corrected chi connectivity index (χ0v) is 23.5. The molecule has 8 heteroatoms. The lowest BCUT2D eigenvalue weighted by molar-refractivity contribution is -0.123. The minimum Gasteiger partial charge on any atom is -0.492 e. The van der Waals surface area contributed by atoms with E-state index in [2.05, 4.69) is 6.58 Å². The van der Waals surface area contributed by atoms with Gasteiger partial charge in [-0.1, -0.05) is 41.9 Å². The molecular weight excluding hydrogens is 534 g/mol. The molecule has 2 amide bonds. The average Bonchev–Trinajstić information content (AvgIpc) is 3.17.